The highest BCUT2D eigenvalue weighted by atomic mass is 16.4. The van der Waals surface area contributed by atoms with E-state index in [2.05, 4.69) is 105 Å². The fraction of sp³-hybridized carbons (Fsp3) is 0.429. The normalized spacial score (nSPS) is 22.9. The van der Waals surface area contributed by atoms with Crippen LogP contribution in [0.4, 0.5) is 0 Å². The molecular formula is C42H52N6O10. The van der Waals surface area contributed by atoms with Crippen molar-refractivity contribution in [2.24, 2.45) is 11.8 Å². The van der Waals surface area contributed by atoms with Crippen LogP contribution in [0.15, 0.2) is 60.9 Å². The highest BCUT2D eigenvalue weighted by Gasteiger charge is 2.37. The Bertz CT molecular complexity index is 2090. The van der Waals surface area contributed by atoms with Crippen LogP contribution in [0.2, 0.25) is 0 Å². The predicted octanol–water partition coefficient (Wildman–Crippen LogP) is 0.947. The van der Waals surface area contributed by atoms with E-state index in [1.165, 1.54) is 44.2 Å². The Kier molecular flexibility index (Phi) is 12.9. The van der Waals surface area contributed by atoms with Crippen LogP contribution in [0.3, 0.4) is 0 Å². The number of aliphatic hydroxyl groups excluding tert-OH is 4. The average molecular weight is 801 g/mol. The van der Waals surface area contributed by atoms with Crippen LogP contribution in [-0.4, -0.2) is 151 Å². The van der Waals surface area contributed by atoms with E-state index < -0.39 is 24.1 Å². The summed E-state index contributed by atoms with van der Waals surface area (Å²) < 4.78 is 0. The number of carbonyl (C=O) groups excluding carboxylic acids is 2. The summed E-state index contributed by atoms with van der Waals surface area (Å²) in [5.41, 5.74) is 9.99. The Morgan fingerprint density at radius 1 is 0.690 bits per heavy atom. The first kappa shape index (κ1) is 42.3. The van der Waals surface area contributed by atoms with Crippen LogP contribution < -0.4 is 10.6 Å². The van der Waals surface area contributed by atoms with Gasteiger partial charge in [0.2, 0.25) is 11.8 Å². The molecule has 4 heterocycles. The number of amides is 2. The minimum absolute atomic E-state index is 0.0126. The highest BCUT2D eigenvalue weighted by Crippen LogP contribution is 2.42. The van der Waals surface area contributed by atoms with Gasteiger partial charge < -0.3 is 51.2 Å². The number of nitrogens with one attached hydrogen (secondary N) is 4. The molecule has 0 spiro atoms. The molecule has 0 bridgehead atoms. The van der Waals surface area contributed by atoms with Gasteiger partial charge in [0.25, 0.3) is 0 Å². The van der Waals surface area contributed by atoms with Gasteiger partial charge in [-0.2, -0.15) is 0 Å². The molecule has 0 unspecified atom stereocenters. The number of benzene rings is 2. The first-order chi connectivity index (χ1) is 27.6. The maximum absolute atomic E-state index is 12.5. The van der Waals surface area contributed by atoms with E-state index in [1.54, 1.807) is 0 Å². The third-order valence-electron chi connectivity index (χ3n) is 11.3. The molecule has 8 atom stereocenters. The number of aromatic nitrogens is 2. The van der Waals surface area contributed by atoms with Gasteiger partial charge in [-0.1, -0.05) is 36.4 Å². The van der Waals surface area contributed by atoms with Gasteiger partial charge in [-0.3, -0.25) is 19.4 Å². The van der Waals surface area contributed by atoms with E-state index in [0.29, 0.717) is 25.2 Å². The molecule has 16 heteroatoms. The van der Waals surface area contributed by atoms with Crippen LogP contribution >= 0.6 is 0 Å². The van der Waals surface area contributed by atoms with Gasteiger partial charge in [0.15, 0.2) is 12.2 Å². The molecule has 2 aromatic carbocycles. The van der Waals surface area contributed by atoms with E-state index in [9.17, 15) is 19.2 Å². The summed E-state index contributed by atoms with van der Waals surface area (Å²) in [6.45, 7) is 4.95. The number of hydrogen-bond donors (Lipinski definition) is 10. The van der Waals surface area contributed by atoms with Crippen LogP contribution in [0.1, 0.15) is 36.1 Å². The Balaban J connectivity index is 0.000000160. The van der Waals surface area contributed by atoms with Gasteiger partial charge in [-0.05, 0) is 86.3 Å². The standard InChI is InChI=1S/2C19H23N3O2.C4H6O6/c2*1-11(10-23)21-19(24)13-6-15-14-4-3-5-16-18(14)12(8-20-16)7-17(15)22(2)9-13;5-1(3(7)8)2(6)4(9)10/h2*3-6,8,11,13,17,20,23H,7,9-10H2,1-2H3,(H,21,24);1-2,5-6H,(H,7,8)(H,9,10)/t2*11-,13+,17+;1-,2-/m001/s1. The summed E-state index contributed by atoms with van der Waals surface area (Å²) >= 11 is 0. The van der Waals surface area contributed by atoms with Crippen molar-refractivity contribution in [1.29, 1.82) is 0 Å². The minimum Gasteiger partial charge on any atom is -0.479 e. The fourth-order valence-corrected chi connectivity index (χ4v) is 8.29. The zero-order chi connectivity index (χ0) is 42.0. The van der Waals surface area contributed by atoms with Crippen LogP contribution in [0.5, 0.6) is 0 Å². The van der Waals surface area contributed by atoms with Crippen LogP contribution in [-0.2, 0) is 32.0 Å². The molecule has 8 rings (SSSR count). The zero-order valence-corrected chi connectivity index (χ0v) is 32.8. The number of fused-ring (bicyclic) bond motifs is 4. The Hall–Kier alpha value is -5.36. The van der Waals surface area contributed by atoms with Crippen molar-refractivity contribution in [3.05, 3.63) is 83.2 Å². The third-order valence-corrected chi connectivity index (χ3v) is 11.3. The number of hydrogen-bond acceptors (Lipinski definition) is 10. The molecule has 0 saturated heterocycles. The number of aliphatic hydroxyl groups is 4. The second kappa shape index (κ2) is 17.6. The molecule has 0 saturated carbocycles. The molecule has 2 amide bonds. The van der Waals surface area contributed by atoms with Crippen molar-refractivity contribution in [3.8, 4) is 0 Å². The monoisotopic (exact) mass is 800 g/mol. The first-order valence-electron chi connectivity index (χ1n) is 19.3. The summed E-state index contributed by atoms with van der Waals surface area (Å²) in [5.74, 6) is -3.94. The van der Waals surface area contributed by atoms with Crippen molar-refractivity contribution in [2.75, 3.05) is 40.4 Å². The summed E-state index contributed by atoms with van der Waals surface area (Å²) in [4.78, 5) is 55.9. The van der Waals surface area contributed by atoms with Crippen LogP contribution in [0.25, 0.3) is 33.0 Å². The summed E-state index contributed by atoms with van der Waals surface area (Å²) in [7, 11) is 4.18. The molecule has 16 nitrogen and oxygen atoms in total. The van der Waals surface area contributed by atoms with E-state index in [1.807, 2.05) is 13.8 Å². The molecule has 310 valence electrons. The molecule has 4 aliphatic rings. The SMILES string of the molecule is C[C@@H](CO)NC(=O)[C@@H]1C=C2c3cccc4[nH]cc(c34)C[C@H]2N(C)C1.C[C@@H](CO)NC(=O)[C@@H]1C=C2c3cccc4[nH]cc(c34)C[C@H]2N(C)C1.O=C(O)[C@H](O)[C@@H](O)C(=O)O. The number of H-pyrrole nitrogens is 2. The number of aromatic amines is 2. The number of carboxylic acid groups (broad SMARTS) is 2. The smallest absolute Gasteiger partial charge is 0.335 e. The summed E-state index contributed by atoms with van der Waals surface area (Å²) in [6, 6.07) is 12.8. The molecule has 0 radical (unpaired) electrons. The van der Waals surface area contributed by atoms with Crippen molar-refractivity contribution >= 4 is 56.7 Å². The largest absolute Gasteiger partial charge is 0.479 e. The maximum Gasteiger partial charge on any atom is 0.335 e. The zero-order valence-electron chi connectivity index (χ0n) is 32.8. The maximum atomic E-state index is 12.5. The molecule has 10 N–H and O–H groups in total. The van der Waals surface area contributed by atoms with Gasteiger partial charge in [-0.15, -0.1) is 0 Å². The Morgan fingerprint density at radius 3 is 1.41 bits per heavy atom. The average Bonchev–Trinajstić information content (AvgIpc) is 3.83. The number of carboxylic acids is 2. The molecular weight excluding hydrogens is 748 g/mol. The lowest BCUT2D eigenvalue weighted by molar-refractivity contribution is -0.165. The minimum atomic E-state index is -2.27. The lowest BCUT2D eigenvalue weighted by Gasteiger charge is -2.39. The predicted molar refractivity (Wildman–Crippen MR) is 216 cm³/mol. The molecule has 2 aliphatic heterocycles. The Morgan fingerprint density at radius 2 is 1.07 bits per heavy atom. The lowest BCUT2D eigenvalue weighted by Crippen LogP contribution is -2.48. The van der Waals surface area contributed by atoms with Gasteiger partial charge in [0.05, 0.1) is 25.0 Å². The van der Waals surface area contributed by atoms with E-state index in [0.717, 1.165) is 23.9 Å². The van der Waals surface area contributed by atoms with Gasteiger partial charge >= 0.3 is 11.9 Å². The van der Waals surface area contributed by atoms with Gasteiger partial charge in [0, 0.05) is 71.5 Å². The van der Waals surface area contributed by atoms with Crippen molar-refractivity contribution in [2.45, 2.75) is 63.1 Å². The number of nitrogens with zero attached hydrogens (tertiary/aromatic N) is 2. The van der Waals surface area contributed by atoms with Crippen molar-refractivity contribution in [1.82, 2.24) is 30.4 Å². The fourth-order valence-electron chi connectivity index (χ4n) is 8.29. The second-order valence-electron chi connectivity index (χ2n) is 15.6. The topological polar surface area (TPSA) is 252 Å². The second-order valence-corrected chi connectivity index (χ2v) is 15.6. The quantitative estimate of drug-likeness (QED) is 0.114. The number of rotatable bonds is 9. The third kappa shape index (κ3) is 8.57. The summed E-state index contributed by atoms with van der Waals surface area (Å²) in [6.07, 6.45) is 5.90. The number of likely N-dealkylation sites (N-methyl/N-ethyl adjacent to an activating group) is 2. The van der Waals surface area contributed by atoms with E-state index in [-0.39, 0.29) is 48.9 Å². The molecule has 2 aliphatic carbocycles. The summed E-state index contributed by atoms with van der Waals surface area (Å²) in [5, 5.41) is 59.2. The molecule has 4 aromatic rings. The highest BCUT2D eigenvalue weighted by molar-refractivity contribution is 6.00. The van der Waals surface area contributed by atoms with Gasteiger partial charge in [-0.25, -0.2) is 9.59 Å². The molecule has 58 heavy (non-hydrogen) atoms. The van der Waals surface area contributed by atoms with E-state index >= 15 is 0 Å². The van der Waals surface area contributed by atoms with Crippen molar-refractivity contribution in [3.63, 3.8) is 0 Å². The van der Waals surface area contributed by atoms with E-state index in [4.69, 9.17) is 30.6 Å². The Labute approximate surface area is 334 Å². The lowest BCUT2D eigenvalue weighted by atomic mass is 9.80. The first-order valence-corrected chi connectivity index (χ1v) is 19.3. The molecule has 0 fully saturated rings. The van der Waals surface area contributed by atoms with Crippen molar-refractivity contribution < 1.29 is 49.8 Å². The van der Waals surface area contributed by atoms with Crippen LogP contribution in [0, 0.1) is 11.8 Å². The number of carbonyl (C=O) groups is 4. The number of aliphatic carboxylic acids is 2. The van der Waals surface area contributed by atoms with Gasteiger partial charge in [0.1, 0.15) is 0 Å². The molecule has 2 aromatic heterocycles.